The van der Waals surface area contributed by atoms with Crippen LogP contribution in [-0.2, 0) is 24.2 Å². The SMILES string of the molecule is CN=C(NCCc1c(F)cccc1F)NCc1ccccc1CN1CCOCC1. The molecule has 1 saturated heterocycles. The third-order valence-electron chi connectivity index (χ3n) is 5.02. The summed E-state index contributed by atoms with van der Waals surface area (Å²) in [5.74, 6) is -0.443. The molecule has 3 rings (SSSR count). The highest BCUT2D eigenvalue weighted by Gasteiger charge is 2.13. The lowest BCUT2D eigenvalue weighted by atomic mass is 10.1. The largest absolute Gasteiger partial charge is 0.379 e. The first-order chi connectivity index (χ1) is 14.2. The molecule has 0 aromatic heterocycles. The van der Waals surface area contributed by atoms with Gasteiger partial charge in [0.15, 0.2) is 5.96 Å². The van der Waals surface area contributed by atoms with Crippen LogP contribution in [0.3, 0.4) is 0 Å². The third kappa shape index (κ3) is 6.24. The van der Waals surface area contributed by atoms with Crippen LogP contribution in [0.1, 0.15) is 16.7 Å². The lowest BCUT2D eigenvalue weighted by molar-refractivity contribution is 0.0341. The van der Waals surface area contributed by atoms with Crippen LogP contribution in [0.4, 0.5) is 8.78 Å². The Bertz CT molecular complexity index is 802. The summed E-state index contributed by atoms with van der Waals surface area (Å²) in [6.45, 7) is 5.33. The van der Waals surface area contributed by atoms with Gasteiger partial charge in [-0.1, -0.05) is 30.3 Å². The second kappa shape index (κ2) is 10.9. The highest BCUT2D eigenvalue weighted by molar-refractivity contribution is 5.79. The Labute approximate surface area is 170 Å². The van der Waals surface area contributed by atoms with Gasteiger partial charge in [0.1, 0.15) is 11.6 Å². The molecular weight excluding hydrogens is 374 g/mol. The Balaban J connectivity index is 1.51. The van der Waals surface area contributed by atoms with Crippen LogP contribution in [0, 0.1) is 11.6 Å². The number of morpholine rings is 1. The normalized spacial score (nSPS) is 15.3. The zero-order chi connectivity index (χ0) is 20.5. The van der Waals surface area contributed by atoms with E-state index >= 15 is 0 Å². The van der Waals surface area contributed by atoms with Crippen LogP contribution in [0.2, 0.25) is 0 Å². The molecule has 1 heterocycles. The molecule has 0 aliphatic carbocycles. The Morgan fingerprint density at radius 1 is 1.00 bits per heavy atom. The van der Waals surface area contributed by atoms with Crippen molar-refractivity contribution >= 4 is 5.96 Å². The van der Waals surface area contributed by atoms with E-state index in [1.165, 1.54) is 29.3 Å². The van der Waals surface area contributed by atoms with Crippen LogP contribution in [-0.4, -0.2) is 50.8 Å². The first kappa shape index (κ1) is 21.2. The molecular formula is C22H28F2N4O. The van der Waals surface area contributed by atoms with Gasteiger partial charge in [0, 0.05) is 45.3 Å². The highest BCUT2D eigenvalue weighted by Crippen LogP contribution is 2.13. The fourth-order valence-electron chi connectivity index (χ4n) is 3.36. The molecule has 0 saturated carbocycles. The van der Waals surface area contributed by atoms with Gasteiger partial charge in [-0.05, 0) is 29.7 Å². The van der Waals surface area contributed by atoms with Gasteiger partial charge in [0.05, 0.1) is 13.2 Å². The standard InChI is InChI=1S/C22H28F2N4O/c1-25-22(26-10-9-19-20(23)7-4-8-21(19)24)27-15-17-5-2-3-6-18(17)16-28-11-13-29-14-12-28/h2-8H,9-16H2,1H3,(H2,25,26,27). The van der Waals surface area contributed by atoms with Crippen molar-refractivity contribution in [3.8, 4) is 0 Å². The Hall–Kier alpha value is -2.51. The number of nitrogens with zero attached hydrogens (tertiary/aromatic N) is 2. The number of guanidine groups is 1. The van der Waals surface area contributed by atoms with E-state index < -0.39 is 11.6 Å². The maximum atomic E-state index is 13.7. The summed E-state index contributed by atoms with van der Waals surface area (Å²) < 4.78 is 32.9. The second-order valence-corrected chi connectivity index (χ2v) is 6.96. The lowest BCUT2D eigenvalue weighted by Gasteiger charge is -2.27. The molecule has 0 radical (unpaired) electrons. The summed E-state index contributed by atoms with van der Waals surface area (Å²) in [7, 11) is 1.68. The molecule has 2 aromatic rings. The molecule has 1 fully saturated rings. The van der Waals surface area contributed by atoms with E-state index in [4.69, 9.17) is 4.74 Å². The fraction of sp³-hybridized carbons (Fsp3) is 0.409. The van der Waals surface area contributed by atoms with E-state index in [-0.39, 0.29) is 12.0 Å². The van der Waals surface area contributed by atoms with E-state index in [1.807, 2.05) is 6.07 Å². The molecule has 2 N–H and O–H groups in total. The van der Waals surface area contributed by atoms with Gasteiger partial charge in [0.2, 0.25) is 0 Å². The van der Waals surface area contributed by atoms with Gasteiger partial charge in [0.25, 0.3) is 0 Å². The van der Waals surface area contributed by atoms with Crippen molar-refractivity contribution in [2.45, 2.75) is 19.5 Å². The Kier molecular flexibility index (Phi) is 7.95. The number of rotatable bonds is 7. The molecule has 0 atom stereocenters. The summed E-state index contributed by atoms with van der Waals surface area (Å²) >= 11 is 0. The molecule has 5 nitrogen and oxygen atoms in total. The molecule has 0 spiro atoms. The number of hydrogen-bond acceptors (Lipinski definition) is 3. The van der Waals surface area contributed by atoms with Crippen molar-refractivity contribution in [2.24, 2.45) is 4.99 Å². The minimum absolute atomic E-state index is 0.0892. The predicted octanol–water partition coefficient (Wildman–Crippen LogP) is 2.70. The molecule has 1 aliphatic heterocycles. The van der Waals surface area contributed by atoms with Crippen molar-refractivity contribution in [2.75, 3.05) is 39.9 Å². The minimum atomic E-state index is -0.521. The number of ether oxygens (including phenoxy) is 1. The van der Waals surface area contributed by atoms with Crippen molar-refractivity contribution in [3.63, 3.8) is 0 Å². The lowest BCUT2D eigenvalue weighted by Crippen LogP contribution is -2.38. The molecule has 156 valence electrons. The predicted molar refractivity (Wildman–Crippen MR) is 111 cm³/mol. The average molecular weight is 402 g/mol. The Morgan fingerprint density at radius 3 is 2.38 bits per heavy atom. The summed E-state index contributed by atoms with van der Waals surface area (Å²) in [5, 5.41) is 6.41. The van der Waals surface area contributed by atoms with E-state index in [2.05, 4.69) is 38.7 Å². The summed E-state index contributed by atoms with van der Waals surface area (Å²) in [5.41, 5.74) is 2.55. The maximum Gasteiger partial charge on any atom is 0.191 e. The highest BCUT2D eigenvalue weighted by atomic mass is 19.1. The van der Waals surface area contributed by atoms with Gasteiger partial charge >= 0.3 is 0 Å². The zero-order valence-electron chi connectivity index (χ0n) is 16.8. The summed E-state index contributed by atoms with van der Waals surface area (Å²) in [6, 6.07) is 12.2. The van der Waals surface area contributed by atoms with E-state index in [0.29, 0.717) is 19.0 Å². The van der Waals surface area contributed by atoms with Crippen molar-refractivity contribution in [1.29, 1.82) is 0 Å². The van der Waals surface area contributed by atoms with Crippen LogP contribution in [0.5, 0.6) is 0 Å². The number of benzene rings is 2. The molecule has 2 aromatic carbocycles. The Morgan fingerprint density at radius 2 is 1.69 bits per heavy atom. The smallest absolute Gasteiger partial charge is 0.191 e. The minimum Gasteiger partial charge on any atom is -0.379 e. The second-order valence-electron chi connectivity index (χ2n) is 6.96. The van der Waals surface area contributed by atoms with Crippen LogP contribution in [0.25, 0.3) is 0 Å². The van der Waals surface area contributed by atoms with E-state index in [9.17, 15) is 8.78 Å². The van der Waals surface area contributed by atoms with Crippen molar-refractivity contribution < 1.29 is 13.5 Å². The van der Waals surface area contributed by atoms with Crippen LogP contribution < -0.4 is 10.6 Å². The van der Waals surface area contributed by atoms with Crippen molar-refractivity contribution in [3.05, 3.63) is 70.8 Å². The zero-order valence-corrected chi connectivity index (χ0v) is 16.8. The van der Waals surface area contributed by atoms with E-state index in [0.717, 1.165) is 32.8 Å². The molecule has 29 heavy (non-hydrogen) atoms. The van der Waals surface area contributed by atoms with Crippen LogP contribution in [0.15, 0.2) is 47.5 Å². The summed E-state index contributed by atoms with van der Waals surface area (Å²) in [4.78, 5) is 6.59. The maximum absolute atomic E-state index is 13.7. The number of hydrogen-bond donors (Lipinski definition) is 2. The molecule has 0 amide bonds. The number of nitrogens with one attached hydrogen (secondary N) is 2. The topological polar surface area (TPSA) is 48.9 Å². The number of aliphatic imine (C=N–C) groups is 1. The first-order valence-corrected chi connectivity index (χ1v) is 9.91. The molecule has 0 bridgehead atoms. The van der Waals surface area contributed by atoms with Gasteiger partial charge in [-0.25, -0.2) is 8.78 Å². The van der Waals surface area contributed by atoms with Gasteiger partial charge < -0.3 is 15.4 Å². The van der Waals surface area contributed by atoms with Gasteiger partial charge in [-0.15, -0.1) is 0 Å². The van der Waals surface area contributed by atoms with Crippen molar-refractivity contribution in [1.82, 2.24) is 15.5 Å². The number of halogens is 2. The van der Waals surface area contributed by atoms with Gasteiger partial charge in [-0.2, -0.15) is 0 Å². The van der Waals surface area contributed by atoms with Gasteiger partial charge in [-0.3, -0.25) is 9.89 Å². The third-order valence-corrected chi connectivity index (χ3v) is 5.02. The summed E-state index contributed by atoms with van der Waals surface area (Å²) in [6.07, 6.45) is 0.243. The quantitative estimate of drug-likeness (QED) is 0.552. The van der Waals surface area contributed by atoms with E-state index in [1.54, 1.807) is 7.05 Å². The first-order valence-electron chi connectivity index (χ1n) is 9.91. The molecule has 1 aliphatic rings. The fourth-order valence-corrected chi connectivity index (χ4v) is 3.36. The van der Waals surface area contributed by atoms with Crippen LogP contribution >= 0.6 is 0 Å². The molecule has 7 heteroatoms. The molecule has 0 unspecified atom stereocenters. The average Bonchev–Trinajstić information content (AvgIpc) is 2.74. The monoisotopic (exact) mass is 402 g/mol.